The fourth-order valence-electron chi connectivity index (χ4n) is 5.98. The van der Waals surface area contributed by atoms with Gasteiger partial charge in [0.15, 0.2) is 0 Å². The molecule has 0 radical (unpaired) electrons. The Morgan fingerprint density at radius 3 is 1.17 bits per heavy atom. The molecule has 8 aromatic rings. The minimum Gasteiger partial charge on any atom is -0.354 e. The van der Waals surface area contributed by atoms with Gasteiger partial charge in [-0.3, -0.25) is 0 Å². The van der Waals surface area contributed by atoms with Crippen LogP contribution in [0.1, 0.15) is 11.1 Å². The maximum atomic E-state index is 5.44. The van der Waals surface area contributed by atoms with E-state index in [1.165, 1.54) is 10.8 Å². The van der Waals surface area contributed by atoms with Gasteiger partial charge in [-0.1, -0.05) is 133 Å². The number of fused-ring (bicyclic) bond motifs is 2. The van der Waals surface area contributed by atoms with Gasteiger partial charge < -0.3 is 9.97 Å². The van der Waals surface area contributed by atoms with Crippen molar-refractivity contribution in [2.45, 2.75) is 0 Å². The molecule has 2 aromatic heterocycles. The average molecular weight is 591 g/mol. The van der Waals surface area contributed by atoms with Crippen molar-refractivity contribution in [3.05, 3.63) is 181 Å². The van der Waals surface area contributed by atoms with Gasteiger partial charge in [-0.05, 0) is 36.4 Å². The summed E-state index contributed by atoms with van der Waals surface area (Å²) in [7, 11) is 0. The van der Waals surface area contributed by atoms with Crippen LogP contribution in [0.25, 0.3) is 44.3 Å². The number of hydrogen-bond donors (Lipinski definition) is 2. The van der Waals surface area contributed by atoms with E-state index in [1.54, 1.807) is 0 Å². The van der Waals surface area contributed by atoms with Crippen molar-refractivity contribution in [3.63, 3.8) is 0 Å². The molecule has 8 rings (SSSR count). The van der Waals surface area contributed by atoms with Gasteiger partial charge in [0.05, 0.1) is 22.8 Å². The van der Waals surface area contributed by atoms with Gasteiger partial charge in [0.2, 0.25) is 0 Å². The minimum atomic E-state index is 0.793. The van der Waals surface area contributed by atoms with Crippen LogP contribution in [0.15, 0.2) is 180 Å². The lowest BCUT2D eigenvalue weighted by atomic mass is 9.98. The Morgan fingerprint density at radius 1 is 0.370 bits per heavy atom. The summed E-state index contributed by atoms with van der Waals surface area (Å²) in [6, 6.07) is 58.3. The third-order valence-electron chi connectivity index (χ3n) is 8.23. The van der Waals surface area contributed by atoms with Crippen molar-refractivity contribution < 1.29 is 0 Å². The molecule has 4 nitrogen and oxygen atoms in total. The minimum absolute atomic E-state index is 0.793. The summed E-state index contributed by atoms with van der Waals surface area (Å²) in [6.07, 6.45) is 0. The van der Waals surface area contributed by atoms with Gasteiger partial charge in [0.25, 0.3) is 0 Å². The van der Waals surface area contributed by atoms with Crippen LogP contribution in [0.5, 0.6) is 0 Å². The highest BCUT2D eigenvalue weighted by molar-refractivity contribution is 6.54. The molecular weight excluding hydrogens is 560 g/mol. The molecule has 218 valence electrons. The van der Waals surface area contributed by atoms with Crippen molar-refractivity contribution in [2.75, 3.05) is 0 Å². The Kier molecular flexibility index (Phi) is 7.14. The molecule has 0 amide bonds. The van der Waals surface area contributed by atoms with Gasteiger partial charge in [-0.25, -0.2) is 9.98 Å². The quantitative estimate of drug-likeness (QED) is 0.174. The zero-order valence-corrected chi connectivity index (χ0v) is 25.1. The topological polar surface area (TPSA) is 56.3 Å². The van der Waals surface area contributed by atoms with Crippen LogP contribution in [0.3, 0.4) is 0 Å². The molecule has 0 spiro atoms. The number of hydrogen-bond acceptors (Lipinski definition) is 2. The van der Waals surface area contributed by atoms with Crippen LogP contribution in [0, 0.1) is 0 Å². The second-order valence-corrected chi connectivity index (χ2v) is 11.2. The summed E-state index contributed by atoms with van der Waals surface area (Å²) >= 11 is 0. The van der Waals surface area contributed by atoms with Crippen LogP contribution in [0.4, 0.5) is 11.4 Å². The van der Waals surface area contributed by atoms with E-state index in [0.717, 1.165) is 67.5 Å². The summed E-state index contributed by atoms with van der Waals surface area (Å²) < 4.78 is 0. The Bertz CT molecular complexity index is 2120. The predicted molar refractivity (Wildman–Crippen MR) is 193 cm³/mol. The van der Waals surface area contributed by atoms with Crippen LogP contribution in [-0.2, 0) is 0 Å². The maximum absolute atomic E-state index is 5.44. The molecule has 0 aliphatic heterocycles. The van der Waals surface area contributed by atoms with Gasteiger partial charge in [-0.2, -0.15) is 0 Å². The molecular formula is C42H30N4. The molecule has 2 N–H and O–H groups in total. The Morgan fingerprint density at radius 2 is 0.739 bits per heavy atom. The third-order valence-corrected chi connectivity index (χ3v) is 8.23. The van der Waals surface area contributed by atoms with E-state index in [1.807, 2.05) is 24.3 Å². The summed E-state index contributed by atoms with van der Waals surface area (Å²) in [4.78, 5) is 18.1. The lowest BCUT2D eigenvalue weighted by Gasteiger charge is -2.14. The standard InChI is InChI=1S/C42H30N4/c1-3-15-29(16-4-1)41(45-37-25-13-9-21-33(37)39-27-31-19-7-11-23-35(31)43-39)42(30-17-5-2-6-18-30)46-38-26-14-10-22-34(38)40-28-32-20-8-12-24-36(32)44-40/h1-28,43-44H. The molecule has 0 unspecified atom stereocenters. The predicted octanol–water partition coefficient (Wildman–Crippen LogP) is 10.9. The fraction of sp³-hybridized carbons (Fsp3) is 0. The summed E-state index contributed by atoms with van der Waals surface area (Å²) in [5, 5.41) is 2.33. The van der Waals surface area contributed by atoms with E-state index in [9.17, 15) is 0 Å². The molecule has 46 heavy (non-hydrogen) atoms. The highest BCUT2D eigenvalue weighted by Crippen LogP contribution is 2.35. The highest BCUT2D eigenvalue weighted by atomic mass is 14.8. The van der Waals surface area contributed by atoms with Gasteiger partial charge >= 0.3 is 0 Å². The first-order valence-corrected chi connectivity index (χ1v) is 15.4. The van der Waals surface area contributed by atoms with Gasteiger partial charge in [-0.15, -0.1) is 0 Å². The molecule has 0 fully saturated rings. The molecule has 0 bridgehead atoms. The van der Waals surface area contributed by atoms with Crippen LogP contribution >= 0.6 is 0 Å². The number of benzene rings is 6. The Balaban J connectivity index is 1.35. The van der Waals surface area contributed by atoms with Crippen molar-refractivity contribution in [3.8, 4) is 22.5 Å². The lowest BCUT2D eigenvalue weighted by molar-refractivity contribution is 1.41. The van der Waals surface area contributed by atoms with E-state index in [0.29, 0.717) is 0 Å². The van der Waals surface area contributed by atoms with Gasteiger partial charge in [0, 0.05) is 55.4 Å². The van der Waals surface area contributed by atoms with Crippen molar-refractivity contribution >= 4 is 44.6 Å². The zero-order chi connectivity index (χ0) is 30.7. The number of para-hydroxylation sites is 4. The van der Waals surface area contributed by atoms with Gasteiger partial charge in [0.1, 0.15) is 0 Å². The maximum Gasteiger partial charge on any atom is 0.0972 e. The first-order valence-electron chi connectivity index (χ1n) is 15.4. The molecule has 0 atom stereocenters. The number of nitrogens with one attached hydrogen (secondary N) is 2. The molecule has 6 aromatic carbocycles. The number of H-pyrrole nitrogens is 2. The van der Waals surface area contributed by atoms with Crippen LogP contribution in [-0.4, -0.2) is 21.4 Å². The van der Waals surface area contributed by atoms with E-state index < -0.39 is 0 Å². The van der Waals surface area contributed by atoms with E-state index >= 15 is 0 Å². The fourth-order valence-corrected chi connectivity index (χ4v) is 5.98. The monoisotopic (exact) mass is 590 g/mol. The van der Waals surface area contributed by atoms with E-state index in [2.05, 4.69) is 156 Å². The summed E-state index contributed by atoms with van der Waals surface area (Å²) in [5.74, 6) is 0. The largest absolute Gasteiger partial charge is 0.354 e. The third kappa shape index (κ3) is 5.33. The van der Waals surface area contributed by atoms with Crippen LogP contribution in [0.2, 0.25) is 0 Å². The number of nitrogens with zero attached hydrogens (tertiary/aromatic N) is 2. The second kappa shape index (κ2) is 12.0. The second-order valence-electron chi connectivity index (χ2n) is 11.2. The molecule has 0 aliphatic carbocycles. The number of aromatic amines is 2. The van der Waals surface area contributed by atoms with Crippen molar-refractivity contribution in [1.82, 2.24) is 9.97 Å². The first-order chi connectivity index (χ1) is 22.8. The number of aliphatic imine (C=N–C) groups is 2. The van der Waals surface area contributed by atoms with Crippen molar-refractivity contribution in [1.29, 1.82) is 0 Å². The Hall–Kier alpha value is -6.26. The van der Waals surface area contributed by atoms with E-state index in [4.69, 9.17) is 9.98 Å². The summed E-state index contributed by atoms with van der Waals surface area (Å²) in [5.41, 5.74) is 11.6. The molecule has 2 heterocycles. The molecule has 4 heteroatoms. The number of aromatic nitrogens is 2. The number of rotatable bonds is 7. The normalized spacial score (nSPS) is 12.2. The first kappa shape index (κ1) is 27.3. The Labute approximate surface area is 267 Å². The molecule has 0 aliphatic rings. The summed E-state index contributed by atoms with van der Waals surface area (Å²) in [6.45, 7) is 0. The smallest absolute Gasteiger partial charge is 0.0972 e. The van der Waals surface area contributed by atoms with Crippen LogP contribution < -0.4 is 0 Å². The molecule has 0 saturated carbocycles. The molecule has 0 saturated heterocycles. The highest BCUT2D eigenvalue weighted by Gasteiger charge is 2.18. The SMILES string of the molecule is c1ccc(C(=Nc2ccccc2-c2cc3ccccc3[nH]2)C(=Nc2ccccc2-c2cc3ccccc3[nH]2)c2ccccc2)cc1. The van der Waals surface area contributed by atoms with Crippen molar-refractivity contribution in [2.24, 2.45) is 9.98 Å². The lowest BCUT2D eigenvalue weighted by Crippen LogP contribution is -2.17. The zero-order valence-electron chi connectivity index (χ0n) is 25.1. The average Bonchev–Trinajstić information content (AvgIpc) is 3.76. The van der Waals surface area contributed by atoms with E-state index in [-0.39, 0.29) is 0 Å².